The van der Waals surface area contributed by atoms with Crippen LogP contribution in [0.1, 0.15) is 20.3 Å². The van der Waals surface area contributed by atoms with Crippen LogP contribution in [0.3, 0.4) is 0 Å². The molecule has 2 fully saturated rings. The van der Waals surface area contributed by atoms with Crippen molar-refractivity contribution in [3.8, 4) is 0 Å². The Kier molecular flexibility index (Phi) is 4.23. The Morgan fingerprint density at radius 1 is 1.13 bits per heavy atom. The molecule has 2 aliphatic heterocycles. The van der Waals surface area contributed by atoms with E-state index in [0.717, 1.165) is 6.42 Å². The standard InChI is InChI=1S/C10H17IO4/c1-6-9(14-5-13-6)3-8-4-12-10(11)7(2)15-8/h6-10H,3-5H2,1-2H3/t6-,7+,8?,9+,10+/m0/s1. The van der Waals surface area contributed by atoms with Gasteiger partial charge in [0, 0.05) is 6.42 Å². The molecule has 2 rings (SSSR count). The lowest BCUT2D eigenvalue weighted by Gasteiger charge is -2.33. The van der Waals surface area contributed by atoms with Crippen molar-refractivity contribution < 1.29 is 18.9 Å². The van der Waals surface area contributed by atoms with Crippen LogP contribution in [0.2, 0.25) is 0 Å². The Hall–Kier alpha value is 0.570. The predicted molar refractivity (Wildman–Crippen MR) is 63.0 cm³/mol. The summed E-state index contributed by atoms with van der Waals surface area (Å²) in [5.74, 6) is 0. The lowest BCUT2D eigenvalue weighted by atomic mass is 10.1. The van der Waals surface area contributed by atoms with Crippen molar-refractivity contribution in [2.24, 2.45) is 0 Å². The van der Waals surface area contributed by atoms with Gasteiger partial charge in [0.05, 0.1) is 31.0 Å². The maximum absolute atomic E-state index is 5.84. The highest BCUT2D eigenvalue weighted by Gasteiger charge is 2.33. The highest BCUT2D eigenvalue weighted by Crippen LogP contribution is 2.25. The van der Waals surface area contributed by atoms with Crippen LogP contribution in [0.4, 0.5) is 0 Å². The van der Waals surface area contributed by atoms with Crippen molar-refractivity contribution in [1.29, 1.82) is 0 Å². The molecule has 2 aliphatic rings. The maximum atomic E-state index is 5.84. The van der Waals surface area contributed by atoms with Gasteiger partial charge in [-0.05, 0) is 36.4 Å². The molecule has 0 aliphatic carbocycles. The van der Waals surface area contributed by atoms with E-state index in [1.54, 1.807) is 0 Å². The average Bonchev–Trinajstić information content (AvgIpc) is 2.59. The Morgan fingerprint density at radius 3 is 2.53 bits per heavy atom. The van der Waals surface area contributed by atoms with E-state index in [0.29, 0.717) is 13.4 Å². The molecule has 88 valence electrons. The highest BCUT2D eigenvalue weighted by molar-refractivity contribution is 14.1. The van der Waals surface area contributed by atoms with Crippen molar-refractivity contribution in [3.05, 3.63) is 0 Å². The first-order valence-corrected chi connectivity index (χ1v) is 6.55. The van der Waals surface area contributed by atoms with Gasteiger partial charge < -0.3 is 18.9 Å². The molecular weight excluding hydrogens is 311 g/mol. The Morgan fingerprint density at radius 2 is 1.93 bits per heavy atom. The zero-order valence-electron chi connectivity index (χ0n) is 9.02. The second-order valence-corrected chi connectivity index (χ2v) is 5.31. The van der Waals surface area contributed by atoms with Crippen LogP contribution in [0, 0.1) is 0 Å². The van der Waals surface area contributed by atoms with Gasteiger partial charge in [-0.3, -0.25) is 0 Å². The van der Waals surface area contributed by atoms with Gasteiger partial charge in [0.15, 0.2) is 0 Å². The van der Waals surface area contributed by atoms with E-state index >= 15 is 0 Å². The SMILES string of the molecule is C[C@@H]1OCO[C@@H]1CC1CO[C@@H](I)[C@@H](C)O1. The summed E-state index contributed by atoms with van der Waals surface area (Å²) in [5.41, 5.74) is 0. The van der Waals surface area contributed by atoms with Crippen LogP contribution in [-0.4, -0.2) is 41.9 Å². The number of hydrogen-bond acceptors (Lipinski definition) is 4. The van der Waals surface area contributed by atoms with E-state index in [4.69, 9.17) is 18.9 Å². The zero-order chi connectivity index (χ0) is 10.8. The minimum Gasteiger partial charge on any atom is -0.369 e. The molecule has 0 N–H and O–H groups in total. The summed E-state index contributed by atoms with van der Waals surface area (Å²) in [5, 5.41) is 0. The van der Waals surface area contributed by atoms with Crippen molar-refractivity contribution >= 4 is 22.6 Å². The maximum Gasteiger partial charge on any atom is 0.147 e. The van der Waals surface area contributed by atoms with Gasteiger partial charge in [-0.25, -0.2) is 0 Å². The smallest absolute Gasteiger partial charge is 0.147 e. The molecule has 0 aromatic carbocycles. The van der Waals surface area contributed by atoms with E-state index in [9.17, 15) is 0 Å². The Labute approximate surface area is 104 Å². The lowest BCUT2D eigenvalue weighted by molar-refractivity contribution is -0.149. The van der Waals surface area contributed by atoms with Crippen LogP contribution >= 0.6 is 22.6 Å². The van der Waals surface area contributed by atoms with Crippen LogP contribution in [0.5, 0.6) is 0 Å². The van der Waals surface area contributed by atoms with E-state index < -0.39 is 0 Å². The first-order valence-electron chi connectivity index (χ1n) is 5.31. The van der Waals surface area contributed by atoms with Gasteiger partial charge in [-0.2, -0.15) is 0 Å². The average molecular weight is 328 g/mol. The summed E-state index contributed by atoms with van der Waals surface area (Å²) in [6.07, 6.45) is 1.47. The number of ether oxygens (including phenoxy) is 4. The summed E-state index contributed by atoms with van der Waals surface area (Å²) in [6.45, 7) is 5.14. The van der Waals surface area contributed by atoms with Crippen LogP contribution in [0.15, 0.2) is 0 Å². The molecule has 0 amide bonds. The fourth-order valence-corrected chi connectivity index (χ4v) is 2.24. The van der Waals surface area contributed by atoms with Crippen molar-refractivity contribution in [1.82, 2.24) is 0 Å². The summed E-state index contributed by atoms with van der Waals surface area (Å²) >= 11 is 2.26. The molecule has 0 aromatic heterocycles. The van der Waals surface area contributed by atoms with Gasteiger partial charge in [0.2, 0.25) is 0 Å². The molecule has 0 aromatic rings. The van der Waals surface area contributed by atoms with Crippen molar-refractivity contribution in [3.63, 3.8) is 0 Å². The van der Waals surface area contributed by atoms with E-state index in [-0.39, 0.29) is 28.5 Å². The van der Waals surface area contributed by atoms with Crippen molar-refractivity contribution in [2.45, 2.75) is 48.8 Å². The third-order valence-electron chi connectivity index (χ3n) is 2.85. The summed E-state index contributed by atoms with van der Waals surface area (Å²) in [7, 11) is 0. The summed E-state index contributed by atoms with van der Waals surface area (Å²) in [4.78, 5) is 0. The topological polar surface area (TPSA) is 36.9 Å². The number of halogens is 1. The van der Waals surface area contributed by atoms with Crippen LogP contribution < -0.4 is 0 Å². The molecule has 0 bridgehead atoms. The molecule has 2 saturated heterocycles. The largest absolute Gasteiger partial charge is 0.369 e. The normalized spacial score (nSPS) is 47.0. The first-order chi connectivity index (χ1) is 7.16. The highest BCUT2D eigenvalue weighted by atomic mass is 127. The van der Waals surface area contributed by atoms with E-state index in [1.807, 2.05) is 13.8 Å². The molecule has 2 heterocycles. The van der Waals surface area contributed by atoms with Crippen LogP contribution in [0.25, 0.3) is 0 Å². The first kappa shape index (κ1) is 12.0. The quantitative estimate of drug-likeness (QED) is 0.571. The monoisotopic (exact) mass is 328 g/mol. The van der Waals surface area contributed by atoms with Gasteiger partial charge in [0.25, 0.3) is 0 Å². The van der Waals surface area contributed by atoms with E-state index in [1.165, 1.54) is 0 Å². The van der Waals surface area contributed by atoms with Gasteiger partial charge in [-0.15, -0.1) is 0 Å². The number of rotatable bonds is 2. The molecule has 0 spiro atoms. The predicted octanol–water partition coefficient (Wildman–Crippen LogP) is 1.70. The van der Waals surface area contributed by atoms with Gasteiger partial charge >= 0.3 is 0 Å². The molecule has 5 atom stereocenters. The summed E-state index contributed by atoms with van der Waals surface area (Å²) < 4.78 is 22.4. The Bertz CT molecular complexity index is 214. The second kappa shape index (κ2) is 5.27. The van der Waals surface area contributed by atoms with Crippen LogP contribution in [-0.2, 0) is 18.9 Å². The molecule has 1 unspecified atom stereocenters. The minimum absolute atomic E-state index is 0.139. The minimum atomic E-state index is 0.139. The molecule has 0 saturated carbocycles. The molecule has 15 heavy (non-hydrogen) atoms. The third-order valence-corrected chi connectivity index (χ3v) is 4.22. The van der Waals surface area contributed by atoms with Gasteiger partial charge in [0.1, 0.15) is 10.9 Å². The summed E-state index contributed by atoms with van der Waals surface area (Å²) in [6, 6.07) is 0. The molecule has 4 nitrogen and oxygen atoms in total. The third kappa shape index (κ3) is 3.03. The number of alkyl halides is 1. The lowest BCUT2D eigenvalue weighted by Crippen LogP contribution is -2.41. The molecular formula is C10H17IO4. The fourth-order valence-electron chi connectivity index (χ4n) is 1.86. The zero-order valence-corrected chi connectivity index (χ0v) is 11.2. The van der Waals surface area contributed by atoms with Crippen molar-refractivity contribution in [2.75, 3.05) is 13.4 Å². The fraction of sp³-hybridized carbons (Fsp3) is 1.00. The van der Waals surface area contributed by atoms with E-state index in [2.05, 4.69) is 22.6 Å². The molecule has 5 heteroatoms. The Balaban J connectivity index is 1.80. The molecule has 0 radical (unpaired) electrons. The number of hydrogen-bond donors (Lipinski definition) is 0. The second-order valence-electron chi connectivity index (χ2n) is 4.08. The van der Waals surface area contributed by atoms with Gasteiger partial charge in [-0.1, -0.05) is 0 Å².